The molecule has 2 fully saturated rings. The Balaban J connectivity index is 1.81. The summed E-state index contributed by atoms with van der Waals surface area (Å²) in [5.74, 6) is -2.53. The minimum atomic E-state index is -1.56. The second-order valence-corrected chi connectivity index (χ2v) is 10.1. The summed E-state index contributed by atoms with van der Waals surface area (Å²) in [7, 11) is 0. The summed E-state index contributed by atoms with van der Waals surface area (Å²) >= 11 is -1.56. The first-order chi connectivity index (χ1) is 12.6. The Bertz CT molecular complexity index is 760. The van der Waals surface area contributed by atoms with E-state index in [1.165, 1.54) is 12.1 Å². The van der Waals surface area contributed by atoms with Gasteiger partial charge in [0.2, 0.25) is 0 Å². The van der Waals surface area contributed by atoms with Gasteiger partial charge in [-0.2, -0.15) is 5.26 Å². The number of nitrogens with zero attached hydrogens (tertiary/aromatic N) is 1. The zero-order valence-corrected chi connectivity index (χ0v) is 16.3. The number of nitrogens with one attached hydrogen (secondary N) is 1. The van der Waals surface area contributed by atoms with Gasteiger partial charge in [-0.15, -0.1) is 4.72 Å². The van der Waals surface area contributed by atoms with Crippen LogP contribution in [-0.2, 0) is 27.5 Å². The van der Waals surface area contributed by atoms with Crippen LogP contribution in [0.2, 0.25) is 0 Å². The van der Waals surface area contributed by atoms with E-state index in [1.54, 1.807) is 32.9 Å². The molecule has 0 radical (unpaired) electrons. The molecule has 3 rings (SSSR count). The van der Waals surface area contributed by atoms with Gasteiger partial charge in [0.1, 0.15) is 10.6 Å². The molecule has 0 aromatic heterocycles. The molecule has 6 nitrogen and oxygen atoms in total. The topological polar surface area (TPSA) is 105 Å². The lowest BCUT2D eigenvalue weighted by atomic mass is 9.90. The van der Waals surface area contributed by atoms with Crippen LogP contribution in [0.25, 0.3) is 0 Å². The molecule has 0 amide bonds. The van der Waals surface area contributed by atoms with Gasteiger partial charge in [0, 0.05) is 17.3 Å². The molecular weight excluding hydrogens is 371 g/mol. The third-order valence-electron chi connectivity index (χ3n) is 5.34. The summed E-state index contributed by atoms with van der Waals surface area (Å²) in [6.45, 7) is 5.51. The fraction of sp³-hybridized carbons (Fsp3) is 0.579. The number of ether oxygens (including phenoxy) is 1. The highest BCUT2D eigenvalue weighted by Gasteiger charge is 2.75. The number of halogens is 1. The van der Waals surface area contributed by atoms with Crippen LogP contribution in [0.1, 0.15) is 32.8 Å². The van der Waals surface area contributed by atoms with Gasteiger partial charge in [0.25, 0.3) is 0 Å². The van der Waals surface area contributed by atoms with Gasteiger partial charge < -0.3 is 14.4 Å². The first-order valence-electron chi connectivity index (χ1n) is 8.80. The molecular formula is C19H23FN2O4S. The van der Waals surface area contributed by atoms with Gasteiger partial charge in [-0.25, -0.2) is 4.39 Å². The number of carboxylic acids is 1. The standard InChI is InChI=1S/C19H23FN2O4S/c1-18(2,3)27(25)22-19(10-21)14(8-13-15(16(13)19)17(23)24)26-9-11-4-6-12(20)7-5-11/h4-7,13-16,22H,8-9H2,1-3H3,(H,23,24)/t13-,14+,15-,16-,19?,27?/m0/s1. The number of rotatable bonds is 6. The fourth-order valence-electron chi connectivity index (χ4n) is 3.86. The summed E-state index contributed by atoms with van der Waals surface area (Å²) in [5, 5.41) is 19.4. The van der Waals surface area contributed by atoms with Gasteiger partial charge in [0.15, 0.2) is 5.54 Å². The molecule has 2 N–H and O–H groups in total. The Kier molecular flexibility index (Phi) is 5.25. The molecule has 146 valence electrons. The lowest BCUT2D eigenvalue weighted by molar-refractivity contribution is -0.140. The molecule has 2 saturated carbocycles. The number of hydrogen-bond donors (Lipinski definition) is 2. The van der Waals surface area contributed by atoms with Crippen LogP contribution < -0.4 is 4.72 Å². The number of hydrogen-bond acceptors (Lipinski definition) is 5. The first kappa shape index (κ1) is 20.1. The molecule has 2 unspecified atom stereocenters. The maximum atomic E-state index is 13.1. The van der Waals surface area contributed by atoms with Crippen LogP contribution in [0.4, 0.5) is 4.39 Å². The van der Waals surface area contributed by atoms with Crippen molar-refractivity contribution in [2.75, 3.05) is 0 Å². The van der Waals surface area contributed by atoms with E-state index in [2.05, 4.69) is 10.8 Å². The van der Waals surface area contributed by atoms with Crippen LogP contribution in [0.15, 0.2) is 24.3 Å². The second kappa shape index (κ2) is 7.06. The van der Waals surface area contributed by atoms with E-state index in [9.17, 15) is 24.1 Å². The maximum absolute atomic E-state index is 13.1. The maximum Gasteiger partial charge on any atom is 0.307 e. The van der Waals surface area contributed by atoms with Crippen LogP contribution in [0.5, 0.6) is 0 Å². The number of benzene rings is 1. The average molecular weight is 394 g/mol. The Morgan fingerprint density at radius 2 is 2.11 bits per heavy atom. The highest BCUT2D eigenvalue weighted by Crippen LogP contribution is 2.63. The average Bonchev–Trinajstić information content (AvgIpc) is 3.24. The molecule has 2 aliphatic carbocycles. The summed E-state index contributed by atoms with van der Waals surface area (Å²) in [5.41, 5.74) is -0.582. The molecule has 6 atom stereocenters. The van der Waals surface area contributed by atoms with Crippen molar-refractivity contribution in [1.29, 1.82) is 5.26 Å². The molecule has 27 heavy (non-hydrogen) atoms. The second-order valence-electron chi connectivity index (χ2n) is 8.18. The summed E-state index contributed by atoms with van der Waals surface area (Å²) < 4.78 is 34.0. The van der Waals surface area contributed by atoms with Gasteiger partial charge in [-0.05, 0) is 50.8 Å². The summed E-state index contributed by atoms with van der Waals surface area (Å²) in [6, 6.07) is 8.05. The zero-order valence-electron chi connectivity index (χ0n) is 15.4. The number of nitriles is 1. The van der Waals surface area contributed by atoms with E-state index in [-0.39, 0.29) is 18.3 Å². The van der Waals surface area contributed by atoms with Crippen molar-refractivity contribution < 1.29 is 23.6 Å². The van der Waals surface area contributed by atoms with Crippen molar-refractivity contribution in [3.05, 3.63) is 35.6 Å². The van der Waals surface area contributed by atoms with Crippen molar-refractivity contribution in [2.24, 2.45) is 17.8 Å². The van der Waals surface area contributed by atoms with E-state index in [1.807, 2.05) is 0 Å². The van der Waals surface area contributed by atoms with Crippen molar-refractivity contribution in [3.63, 3.8) is 0 Å². The number of aliphatic carboxylic acids is 1. The lowest BCUT2D eigenvalue weighted by Crippen LogP contribution is -2.60. The van der Waals surface area contributed by atoms with Crippen LogP contribution >= 0.6 is 0 Å². The molecule has 0 saturated heterocycles. The molecule has 0 heterocycles. The SMILES string of the molecule is CC(C)(C)[S+]([O-])NC1(C#N)[C@H]2[C@@H](C[C@H]1OCc1ccc(F)cc1)[C@@H]2C(=O)O. The van der Waals surface area contributed by atoms with Gasteiger partial charge in [-0.1, -0.05) is 12.1 Å². The van der Waals surface area contributed by atoms with Crippen molar-refractivity contribution >= 4 is 17.3 Å². The van der Waals surface area contributed by atoms with E-state index in [0.717, 1.165) is 5.56 Å². The zero-order chi connectivity index (χ0) is 20.0. The quantitative estimate of drug-likeness (QED) is 0.718. The highest BCUT2D eigenvalue weighted by atomic mass is 32.2. The monoisotopic (exact) mass is 394 g/mol. The largest absolute Gasteiger partial charge is 0.598 e. The number of carbonyl (C=O) groups is 1. The highest BCUT2D eigenvalue weighted by molar-refractivity contribution is 7.90. The normalized spacial score (nSPS) is 33.2. The molecule has 1 aromatic carbocycles. The van der Waals surface area contributed by atoms with E-state index >= 15 is 0 Å². The third kappa shape index (κ3) is 3.69. The lowest BCUT2D eigenvalue weighted by Gasteiger charge is -2.36. The van der Waals surface area contributed by atoms with Gasteiger partial charge >= 0.3 is 5.97 Å². The van der Waals surface area contributed by atoms with Gasteiger partial charge in [-0.3, -0.25) is 4.79 Å². The minimum Gasteiger partial charge on any atom is -0.598 e. The molecule has 2 aliphatic rings. The molecule has 8 heteroatoms. The van der Waals surface area contributed by atoms with E-state index in [0.29, 0.717) is 6.42 Å². The van der Waals surface area contributed by atoms with Crippen molar-refractivity contribution in [2.45, 2.75) is 50.2 Å². The first-order valence-corrected chi connectivity index (χ1v) is 9.95. The number of fused-ring (bicyclic) bond motifs is 1. The smallest absolute Gasteiger partial charge is 0.307 e. The Hall–Kier alpha value is -1.66. The fourth-order valence-corrected chi connectivity index (χ4v) is 4.79. The number of carboxylic acid groups (broad SMARTS) is 1. The summed E-state index contributed by atoms with van der Waals surface area (Å²) in [4.78, 5) is 11.5. The van der Waals surface area contributed by atoms with E-state index < -0.39 is 45.6 Å². The van der Waals surface area contributed by atoms with E-state index in [4.69, 9.17) is 4.74 Å². The Labute approximate surface area is 161 Å². The summed E-state index contributed by atoms with van der Waals surface area (Å²) in [6.07, 6.45) is -0.186. The molecule has 1 aromatic rings. The Morgan fingerprint density at radius 3 is 2.63 bits per heavy atom. The van der Waals surface area contributed by atoms with Gasteiger partial charge in [0.05, 0.1) is 24.7 Å². The van der Waals surface area contributed by atoms with Crippen LogP contribution in [0, 0.1) is 34.9 Å². The Morgan fingerprint density at radius 1 is 1.48 bits per heavy atom. The molecule has 0 bridgehead atoms. The third-order valence-corrected chi connectivity index (χ3v) is 6.98. The predicted molar refractivity (Wildman–Crippen MR) is 97.1 cm³/mol. The van der Waals surface area contributed by atoms with Crippen molar-refractivity contribution in [3.8, 4) is 6.07 Å². The minimum absolute atomic E-state index is 0.162. The molecule has 0 spiro atoms. The predicted octanol–water partition coefficient (Wildman–Crippen LogP) is 2.38. The van der Waals surface area contributed by atoms with Crippen LogP contribution in [0.3, 0.4) is 0 Å². The molecule has 0 aliphatic heterocycles. The van der Waals surface area contributed by atoms with Crippen molar-refractivity contribution in [1.82, 2.24) is 4.72 Å². The van der Waals surface area contributed by atoms with Crippen LogP contribution in [-0.4, -0.2) is 32.0 Å².